The minimum atomic E-state index is -0.0618. The van der Waals surface area contributed by atoms with Crippen LogP contribution in [0.2, 0.25) is 0 Å². The molecule has 0 radical (unpaired) electrons. The standard InChI is InChI=1S/C23H25N3O2S/c1-15-9-10-19(17(3)13-15)18(4)26-21(27)14-29-23-22(24-11-12-25-23)28-20-8-6-5-7-16(20)2/h5-13,18H,14H2,1-4H3,(H,26,27)/t18-/m0/s1. The molecule has 1 atom stereocenters. The van der Waals surface area contributed by atoms with Crippen molar-refractivity contribution >= 4 is 17.7 Å². The Labute approximate surface area is 175 Å². The number of ether oxygens (including phenoxy) is 1. The van der Waals surface area contributed by atoms with Crippen molar-refractivity contribution in [2.45, 2.75) is 38.8 Å². The van der Waals surface area contributed by atoms with Crippen molar-refractivity contribution in [3.05, 3.63) is 77.1 Å². The minimum absolute atomic E-state index is 0.0602. The third-order valence-electron chi connectivity index (χ3n) is 4.54. The maximum Gasteiger partial charge on any atom is 0.252 e. The van der Waals surface area contributed by atoms with Crippen LogP contribution in [-0.4, -0.2) is 21.6 Å². The second-order valence-corrected chi connectivity index (χ2v) is 7.94. The largest absolute Gasteiger partial charge is 0.436 e. The summed E-state index contributed by atoms with van der Waals surface area (Å²) in [6.07, 6.45) is 3.18. The lowest BCUT2D eigenvalue weighted by Crippen LogP contribution is -2.28. The molecule has 3 rings (SSSR count). The summed E-state index contributed by atoms with van der Waals surface area (Å²) in [5.41, 5.74) is 4.52. The molecule has 0 spiro atoms. The lowest BCUT2D eigenvalue weighted by Gasteiger charge is -2.17. The summed E-state index contributed by atoms with van der Waals surface area (Å²) in [5, 5.41) is 3.64. The Balaban J connectivity index is 1.62. The first-order valence-electron chi connectivity index (χ1n) is 9.48. The molecule has 150 valence electrons. The molecular formula is C23H25N3O2S. The summed E-state index contributed by atoms with van der Waals surface area (Å²) >= 11 is 1.31. The maximum absolute atomic E-state index is 12.5. The quantitative estimate of drug-likeness (QED) is 0.548. The van der Waals surface area contributed by atoms with E-state index in [1.165, 1.54) is 22.9 Å². The molecule has 0 aliphatic rings. The molecule has 1 aromatic heterocycles. The predicted octanol–water partition coefficient (Wildman–Crippen LogP) is 5.16. The summed E-state index contributed by atoms with van der Waals surface area (Å²) in [5.74, 6) is 1.30. The zero-order chi connectivity index (χ0) is 20.8. The van der Waals surface area contributed by atoms with Gasteiger partial charge in [0.25, 0.3) is 5.88 Å². The summed E-state index contributed by atoms with van der Waals surface area (Å²) < 4.78 is 5.92. The molecule has 3 aromatic rings. The normalized spacial score (nSPS) is 11.7. The second-order valence-electron chi connectivity index (χ2n) is 6.97. The third-order valence-corrected chi connectivity index (χ3v) is 5.50. The van der Waals surface area contributed by atoms with Gasteiger partial charge in [-0.1, -0.05) is 53.7 Å². The summed E-state index contributed by atoms with van der Waals surface area (Å²) in [7, 11) is 0. The summed E-state index contributed by atoms with van der Waals surface area (Å²) in [6, 6.07) is 13.9. The lowest BCUT2D eigenvalue weighted by molar-refractivity contribution is -0.119. The number of aromatic nitrogens is 2. The Morgan fingerprint density at radius 3 is 2.59 bits per heavy atom. The van der Waals surface area contributed by atoms with Crippen LogP contribution in [0.5, 0.6) is 11.6 Å². The van der Waals surface area contributed by atoms with Gasteiger partial charge in [-0.15, -0.1) is 0 Å². The molecule has 2 aromatic carbocycles. The van der Waals surface area contributed by atoms with Crippen LogP contribution < -0.4 is 10.1 Å². The fraction of sp³-hybridized carbons (Fsp3) is 0.261. The molecule has 29 heavy (non-hydrogen) atoms. The lowest BCUT2D eigenvalue weighted by atomic mass is 10.0. The Kier molecular flexibility index (Phi) is 6.88. The number of hydrogen-bond acceptors (Lipinski definition) is 5. The van der Waals surface area contributed by atoms with Crippen molar-refractivity contribution in [2.75, 3.05) is 5.75 Å². The van der Waals surface area contributed by atoms with E-state index in [1.807, 2.05) is 38.1 Å². The van der Waals surface area contributed by atoms with Gasteiger partial charge in [0.05, 0.1) is 11.8 Å². The monoisotopic (exact) mass is 407 g/mol. The molecular weight excluding hydrogens is 382 g/mol. The van der Waals surface area contributed by atoms with E-state index in [0.717, 1.165) is 16.9 Å². The molecule has 0 unspecified atom stereocenters. The highest BCUT2D eigenvalue weighted by Gasteiger charge is 2.15. The highest BCUT2D eigenvalue weighted by Crippen LogP contribution is 2.30. The van der Waals surface area contributed by atoms with E-state index in [-0.39, 0.29) is 17.7 Å². The van der Waals surface area contributed by atoms with Crippen molar-refractivity contribution in [2.24, 2.45) is 0 Å². The van der Waals surface area contributed by atoms with Crippen LogP contribution in [-0.2, 0) is 4.79 Å². The van der Waals surface area contributed by atoms with E-state index >= 15 is 0 Å². The first-order valence-corrected chi connectivity index (χ1v) is 10.5. The van der Waals surface area contributed by atoms with E-state index < -0.39 is 0 Å². The number of benzene rings is 2. The van der Waals surface area contributed by atoms with Gasteiger partial charge in [-0.2, -0.15) is 0 Å². The number of hydrogen-bond donors (Lipinski definition) is 1. The van der Waals surface area contributed by atoms with Gasteiger partial charge >= 0.3 is 0 Å². The molecule has 6 heteroatoms. The van der Waals surface area contributed by atoms with Crippen LogP contribution >= 0.6 is 11.8 Å². The van der Waals surface area contributed by atoms with Crippen molar-refractivity contribution in [3.8, 4) is 11.6 Å². The average molecular weight is 408 g/mol. The molecule has 0 fully saturated rings. The summed E-state index contributed by atoms with van der Waals surface area (Å²) in [4.78, 5) is 21.1. The van der Waals surface area contributed by atoms with Crippen molar-refractivity contribution < 1.29 is 9.53 Å². The first kappa shape index (κ1) is 20.9. The topological polar surface area (TPSA) is 64.1 Å². The van der Waals surface area contributed by atoms with Crippen LogP contribution in [0.25, 0.3) is 0 Å². The number of thioether (sulfide) groups is 1. The number of nitrogens with zero attached hydrogens (tertiary/aromatic N) is 2. The Morgan fingerprint density at radius 2 is 1.83 bits per heavy atom. The SMILES string of the molecule is Cc1ccc([C@H](C)NC(=O)CSc2nccnc2Oc2ccccc2C)c(C)c1. The zero-order valence-electron chi connectivity index (χ0n) is 17.1. The second kappa shape index (κ2) is 9.56. The number of nitrogens with one attached hydrogen (secondary N) is 1. The van der Waals surface area contributed by atoms with E-state index in [0.29, 0.717) is 10.9 Å². The van der Waals surface area contributed by atoms with E-state index in [1.54, 1.807) is 12.4 Å². The number of aryl methyl sites for hydroxylation is 3. The Hall–Kier alpha value is -2.86. The van der Waals surface area contributed by atoms with Gasteiger partial charge in [0, 0.05) is 12.4 Å². The van der Waals surface area contributed by atoms with Gasteiger partial charge in [0.2, 0.25) is 5.91 Å². The number of para-hydroxylation sites is 1. The van der Waals surface area contributed by atoms with E-state index in [4.69, 9.17) is 4.74 Å². The number of amides is 1. The molecule has 1 N–H and O–H groups in total. The van der Waals surface area contributed by atoms with Crippen molar-refractivity contribution in [1.82, 2.24) is 15.3 Å². The van der Waals surface area contributed by atoms with Crippen molar-refractivity contribution in [1.29, 1.82) is 0 Å². The fourth-order valence-electron chi connectivity index (χ4n) is 3.06. The molecule has 0 saturated carbocycles. The van der Waals surface area contributed by atoms with Crippen LogP contribution in [0.4, 0.5) is 0 Å². The van der Waals surface area contributed by atoms with Gasteiger partial charge in [0.1, 0.15) is 5.75 Å². The molecule has 0 saturated heterocycles. The number of rotatable bonds is 7. The van der Waals surface area contributed by atoms with Crippen LogP contribution in [0, 0.1) is 20.8 Å². The van der Waals surface area contributed by atoms with Crippen LogP contribution in [0.1, 0.15) is 35.2 Å². The number of carbonyl (C=O) groups is 1. The average Bonchev–Trinajstić information content (AvgIpc) is 2.69. The molecule has 1 heterocycles. The van der Waals surface area contributed by atoms with Gasteiger partial charge in [-0.05, 0) is 50.5 Å². The molecule has 1 amide bonds. The van der Waals surface area contributed by atoms with Crippen LogP contribution in [0.3, 0.4) is 0 Å². The van der Waals surface area contributed by atoms with Gasteiger partial charge in [0.15, 0.2) is 5.03 Å². The molecule has 0 aliphatic carbocycles. The van der Waals surface area contributed by atoms with Gasteiger partial charge < -0.3 is 10.1 Å². The fourth-order valence-corrected chi connectivity index (χ4v) is 3.77. The zero-order valence-corrected chi connectivity index (χ0v) is 17.9. The Bertz CT molecular complexity index is 1010. The molecule has 5 nitrogen and oxygen atoms in total. The molecule has 0 aliphatic heterocycles. The van der Waals surface area contributed by atoms with E-state index in [9.17, 15) is 4.79 Å². The highest BCUT2D eigenvalue weighted by atomic mass is 32.2. The highest BCUT2D eigenvalue weighted by molar-refractivity contribution is 8.00. The smallest absolute Gasteiger partial charge is 0.252 e. The number of carbonyl (C=O) groups excluding carboxylic acids is 1. The predicted molar refractivity (Wildman–Crippen MR) is 116 cm³/mol. The molecule has 0 bridgehead atoms. The first-order chi connectivity index (χ1) is 13.9. The summed E-state index contributed by atoms with van der Waals surface area (Å²) in [6.45, 7) is 8.10. The Morgan fingerprint density at radius 1 is 1.07 bits per heavy atom. The van der Waals surface area contributed by atoms with E-state index in [2.05, 4.69) is 47.3 Å². The minimum Gasteiger partial charge on any atom is -0.436 e. The van der Waals surface area contributed by atoms with Crippen molar-refractivity contribution in [3.63, 3.8) is 0 Å². The van der Waals surface area contributed by atoms with Crippen LogP contribution in [0.15, 0.2) is 59.9 Å². The maximum atomic E-state index is 12.5. The van der Waals surface area contributed by atoms with Gasteiger partial charge in [-0.25, -0.2) is 9.97 Å². The third kappa shape index (κ3) is 5.57. The van der Waals surface area contributed by atoms with Gasteiger partial charge in [-0.3, -0.25) is 4.79 Å².